The first-order chi connectivity index (χ1) is 8.81. The van der Waals surface area contributed by atoms with Gasteiger partial charge >= 0.3 is 0 Å². The van der Waals surface area contributed by atoms with E-state index in [1.165, 1.54) is 29.2 Å². The van der Waals surface area contributed by atoms with Crippen molar-refractivity contribution in [2.45, 2.75) is 24.6 Å². The molecule has 0 spiro atoms. The van der Waals surface area contributed by atoms with Crippen molar-refractivity contribution in [3.8, 4) is 0 Å². The molecule has 1 N–H and O–H groups in total. The Bertz CT molecular complexity index is 349. The van der Waals surface area contributed by atoms with Gasteiger partial charge in [0.1, 0.15) is 0 Å². The molecule has 4 heteroatoms. The van der Waals surface area contributed by atoms with Gasteiger partial charge in [0.15, 0.2) is 0 Å². The fraction of sp³-hybridized carbons (Fsp3) is 0.571. The normalized spacial score (nSPS) is 21.8. The maximum atomic E-state index is 5.98. The molecule has 1 nitrogen and oxygen atoms in total. The van der Waals surface area contributed by atoms with Gasteiger partial charge in [-0.15, -0.1) is 0 Å². The molecule has 0 bridgehead atoms. The number of rotatable bonds is 5. The summed E-state index contributed by atoms with van der Waals surface area (Å²) in [6.07, 6.45) is 1.18. The summed E-state index contributed by atoms with van der Waals surface area (Å²) in [7, 11) is 0. The molecule has 18 heavy (non-hydrogen) atoms. The highest BCUT2D eigenvalue weighted by molar-refractivity contribution is 8.06. The molecule has 2 unspecified atom stereocenters. The molecular formula is C14H20ClNS2. The van der Waals surface area contributed by atoms with Crippen LogP contribution in [0, 0.1) is 0 Å². The number of nitrogens with one attached hydrogen (secondary N) is 1. The highest BCUT2D eigenvalue weighted by Crippen LogP contribution is 2.33. The largest absolute Gasteiger partial charge is 0.309 e. The van der Waals surface area contributed by atoms with Gasteiger partial charge < -0.3 is 5.32 Å². The van der Waals surface area contributed by atoms with Crippen molar-refractivity contribution in [2.75, 3.05) is 23.8 Å². The summed E-state index contributed by atoms with van der Waals surface area (Å²) in [5, 5.41) is 5.19. The van der Waals surface area contributed by atoms with E-state index in [2.05, 4.69) is 47.9 Å². The van der Waals surface area contributed by atoms with Crippen molar-refractivity contribution in [2.24, 2.45) is 0 Å². The monoisotopic (exact) mass is 301 g/mol. The van der Waals surface area contributed by atoms with Crippen molar-refractivity contribution in [3.63, 3.8) is 0 Å². The molecule has 0 saturated carbocycles. The van der Waals surface area contributed by atoms with Crippen LogP contribution < -0.4 is 5.32 Å². The lowest BCUT2D eigenvalue weighted by atomic mass is 10.0. The van der Waals surface area contributed by atoms with Crippen LogP contribution in [0.3, 0.4) is 0 Å². The van der Waals surface area contributed by atoms with Gasteiger partial charge in [-0.25, -0.2) is 0 Å². The molecule has 1 fully saturated rings. The molecule has 100 valence electrons. The molecule has 0 radical (unpaired) electrons. The summed E-state index contributed by atoms with van der Waals surface area (Å²) in [6.45, 7) is 3.30. The molecule has 0 amide bonds. The Balaban J connectivity index is 2.10. The summed E-state index contributed by atoms with van der Waals surface area (Å²) in [6, 6.07) is 8.78. The zero-order valence-corrected chi connectivity index (χ0v) is 13.1. The molecule has 0 aliphatic carbocycles. The van der Waals surface area contributed by atoms with Gasteiger partial charge in [-0.2, -0.15) is 23.5 Å². The minimum absolute atomic E-state index is 0.458. The molecule has 1 aliphatic heterocycles. The Kier molecular flexibility index (Phi) is 6.22. The first-order valence-electron chi connectivity index (χ1n) is 6.49. The van der Waals surface area contributed by atoms with Gasteiger partial charge in [0.05, 0.1) is 0 Å². The van der Waals surface area contributed by atoms with E-state index in [0.29, 0.717) is 11.3 Å². The minimum Gasteiger partial charge on any atom is -0.309 e. The zero-order chi connectivity index (χ0) is 12.8. The van der Waals surface area contributed by atoms with Gasteiger partial charge in [-0.1, -0.05) is 30.7 Å². The lowest BCUT2D eigenvalue weighted by molar-refractivity contribution is 0.530. The predicted octanol–water partition coefficient (Wildman–Crippen LogP) is 4.23. The van der Waals surface area contributed by atoms with Gasteiger partial charge in [0.25, 0.3) is 0 Å². The molecule has 1 saturated heterocycles. The summed E-state index contributed by atoms with van der Waals surface area (Å²) in [5.41, 5.74) is 1.37. The van der Waals surface area contributed by atoms with E-state index in [1.54, 1.807) is 0 Å². The van der Waals surface area contributed by atoms with Gasteiger partial charge in [0, 0.05) is 33.6 Å². The number of halogens is 1. The Hall–Kier alpha value is 0.170. The van der Waals surface area contributed by atoms with Gasteiger partial charge in [0.2, 0.25) is 0 Å². The second kappa shape index (κ2) is 7.68. The summed E-state index contributed by atoms with van der Waals surface area (Å²) in [4.78, 5) is 0. The highest BCUT2D eigenvalue weighted by Gasteiger charge is 2.25. The first kappa shape index (κ1) is 14.6. The van der Waals surface area contributed by atoms with Crippen LogP contribution in [0.2, 0.25) is 5.02 Å². The van der Waals surface area contributed by atoms with Crippen LogP contribution >= 0.6 is 35.1 Å². The van der Waals surface area contributed by atoms with E-state index in [4.69, 9.17) is 11.6 Å². The van der Waals surface area contributed by atoms with Crippen LogP contribution in [0.1, 0.15) is 24.9 Å². The van der Waals surface area contributed by atoms with Gasteiger partial charge in [-0.05, 0) is 30.7 Å². The van der Waals surface area contributed by atoms with Crippen molar-refractivity contribution in [1.29, 1.82) is 0 Å². The Morgan fingerprint density at radius 2 is 2.11 bits per heavy atom. The number of benzene rings is 1. The standard InChI is InChI=1S/C14H20ClNS2/c1-2-7-16-14(13-10-17-8-9-18-13)11-3-5-12(15)6-4-11/h3-6,13-14,16H,2,7-10H2,1H3. The lowest BCUT2D eigenvalue weighted by Crippen LogP contribution is -2.34. The fourth-order valence-electron chi connectivity index (χ4n) is 2.13. The van der Waals surface area contributed by atoms with E-state index in [-0.39, 0.29) is 0 Å². The Labute approximate surface area is 123 Å². The van der Waals surface area contributed by atoms with Crippen LogP contribution in [0.25, 0.3) is 0 Å². The second-order valence-corrected chi connectivity index (χ2v) is 7.40. The zero-order valence-electron chi connectivity index (χ0n) is 10.7. The Morgan fingerprint density at radius 1 is 1.33 bits per heavy atom. The van der Waals surface area contributed by atoms with Crippen LogP contribution in [0.15, 0.2) is 24.3 Å². The van der Waals surface area contributed by atoms with E-state index in [0.717, 1.165) is 11.6 Å². The van der Waals surface area contributed by atoms with Gasteiger partial charge in [-0.3, -0.25) is 0 Å². The van der Waals surface area contributed by atoms with Crippen LogP contribution in [0.4, 0.5) is 0 Å². The highest BCUT2D eigenvalue weighted by atomic mass is 35.5. The number of hydrogen-bond acceptors (Lipinski definition) is 3. The Morgan fingerprint density at radius 3 is 2.72 bits per heavy atom. The third kappa shape index (κ3) is 4.09. The summed E-state index contributed by atoms with van der Waals surface area (Å²) < 4.78 is 0. The molecule has 1 heterocycles. The van der Waals surface area contributed by atoms with E-state index < -0.39 is 0 Å². The maximum absolute atomic E-state index is 5.98. The van der Waals surface area contributed by atoms with Crippen molar-refractivity contribution < 1.29 is 0 Å². The molecule has 1 aliphatic rings. The second-order valence-electron chi connectivity index (χ2n) is 4.47. The van der Waals surface area contributed by atoms with Crippen LogP contribution in [-0.4, -0.2) is 29.1 Å². The maximum Gasteiger partial charge on any atom is 0.0448 e. The van der Waals surface area contributed by atoms with E-state index >= 15 is 0 Å². The van der Waals surface area contributed by atoms with Crippen molar-refractivity contribution >= 4 is 35.1 Å². The predicted molar refractivity (Wildman–Crippen MR) is 86.1 cm³/mol. The molecule has 1 aromatic carbocycles. The van der Waals surface area contributed by atoms with E-state index in [1.807, 2.05) is 12.1 Å². The average molecular weight is 302 g/mol. The summed E-state index contributed by atoms with van der Waals surface area (Å²) >= 11 is 10.2. The van der Waals surface area contributed by atoms with E-state index in [9.17, 15) is 0 Å². The summed E-state index contributed by atoms with van der Waals surface area (Å²) in [5.74, 6) is 3.81. The van der Waals surface area contributed by atoms with Crippen LogP contribution in [-0.2, 0) is 0 Å². The molecule has 2 atom stereocenters. The number of hydrogen-bond donors (Lipinski definition) is 1. The SMILES string of the molecule is CCCNC(c1ccc(Cl)cc1)C1CSCCS1. The molecule has 0 aromatic heterocycles. The van der Waals surface area contributed by atoms with Crippen LogP contribution in [0.5, 0.6) is 0 Å². The lowest BCUT2D eigenvalue weighted by Gasteiger charge is -2.30. The smallest absolute Gasteiger partial charge is 0.0448 e. The van der Waals surface area contributed by atoms with Crippen molar-refractivity contribution in [3.05, 3.63) is 34.9 Å². The number of thioether (sulfide) groups is 2. The quantitative estimate of drug-likeness (QED) is 0.874. The first-order valence-corrected chi connectivity index (χ1v) is 9.07. The third-order valence-electron chi connectivity index (χ3n) is 3.06. The van der Waals surface area contributed by atoms with Crippen molar-refractivity contribution in [1.82, 2.24) is 5.32 Å². The average Bonchev–Trinajstić information content (AvgIpc) is 2.42. The molecule has 1 aromatic rings. The third-order valence-corrected chi connectivity index (χ3v) is 6.17. The minimum atomic E-state index is 0.458. The topological polar surface area (TPSA) is 12.0 Å². The fourth-order valence-corrected chi connectivity index (χ4v) is 5.13. The molecular weight excluding hydrogens is 282 g/mol. The molecule has 2 rings (SSSR count).